The van der Waals surface area contributed by atoms with Gasteiger partial charge in [-0.2, -0.15) is 13.2 Å². The summed E-state index contributed by atoms with van der Waals surface area (Å²) in [5, 5.41) is 2.60. The average Bonchev–Trinajstić information content (AvgIpc) is 2.66. The number of amides is 1. The number of rotatable bonds is 8. The number of nitrogens with one attached hydrogen (secondary N) is 1. The largest absolute Gasteiger partial charge is 0.450 e. The summed E-state index contributed by atoms with van der Waals surface area (Å²) in [7, 11) is 0. The molecular weight excluding hydrogens is 359 g/mol. The number of carbonyl (C=O) groups is 1. The summed E-state index contributed by atoms with van der Waals surface area (Å²) in [6, 6.07) is 13.9. The second kappa shape index (κ2) is 9.85. The van der Waals surface area contributed by atoms with Crippen LogP contribution in [-0.2, 0) is 11.1 Å². The molecule has 2 rings (SSSR count). The Morgan fingerprint density at radius 1 is 1.11 bits per heavy atom. The fourth-order valence-electron chi connectivity index (χ4n) is 2.61. The Labute approximate surface area is 156 Å². The van der Waals surface area contributed by atoms with E-state index in [-0.39, 0.29) is 11.7 Å². The molecule has 0 heterocycles. The van der Waals surface area contributed by atoms with Crippen molar-refractivity contribution >= 4 is 6.09 Å². The molecule has 4 nitrogen and oxygen atoms in total. The highest BCUT2D eigenvalue weighted by molar-refractivity contribution is 5.66. The van der Waals surface area contributed by atoms with Crippen LogP contribution in [0.1, 0.15) is 43.2 Å². The van der Waals surface area contributed by atoms with Gasteiger partial charge in [-0.05, 0) is 30.2 Å². The first kappa shape index (κ1) is 20.6. The van der Waals surface area contributed by atoms with Crippen LogP contribution < -0.4 is 10.2 Å². The Kier molecular flexibility index (Phi) is 7.52. The van der Waals surface area contributed by atoms with Gasteiger partial charge in [0.05, 0.1) is 5.56 Å². The molecular formula is C20H22F3NO3. The number of carbonyl (C=O) groups excluding carboxylic acids is 1. The molecule has 0 spiro atoms. The van der Waals surface area contributed by atoms with Crippen LogP contribution in [0.3, 0.4) is 0 Å². The van der Waals surface area contributed by atoms with Gasteiger partial charge in [0.2, 0.25) is 0 Å². The Bertz CT molecular complexity index is 720. The normalized spacial score (nSPS) is 12.3. The predicted molar refractivity (Wildman–Crippen MR) is 95.3 cm³/mol. The highest BCUT2D eigenvalue weighted by atomic mass is 19.4. The van der Waals surface area contributed by atoms with Crippen molar-refractivity contribution < 1.29 is 27.7 Å². The molecule has 1 atom stereocenters. The third kappa shape index (κ3) is 6.84. The maximum absolute atomic E-state index is 12.7. The maximum Gasteiger partial charge on any atom is 0.450 e. The van der Waals surface area contributed by atoms with Gasteiger partial charge in [0.25, 0.3) is 0 Å². The van der Waals surface area contributed by atoms with Gasteiger partial charge < -0.3 is 5.32 Å². The van der Waals surface area contributed by atoms with E-state index in [4.69, 9.17) is 4.89 Å². The van der Waals surface area contributed by atoms with E-state index in [0.717, 1.165) is 37.0 Å². The van der Waals surface area contributed by atoms with Crippen molar-refractivity contribution in [3.8, 4) is 5.75 Å². The van der Waals surface area contributed by atoms with Crippen LogP contribution in [0.5, 0.6) is 5.75 Å². The quantitative estimate of drug-likeness (QED) is 0.471. The van der Waals surface area contributed by atoms with Crippen molar-refractivity contribution in [3.63, 3.8) is 0 Å². The van der Waals surface area contributed by atoms with Gasteiger partial charge in [-0.25, -0.2) is 9.68 Å². The average molecular weight is 381 g/mol. The molecule has 0 aliphatic carbocycles. The van der Waals surface area contributed by atoms with Crippen molar-refractivity contribution in [2.75, 3.05) is 6.54 Å². The van der Waals surface area contributed by atoms with E-state index < -0.39 is 17.8 Å². The smallest absolute Gasteiger partial charge is 0.318 e. The number of unbranched alkanes of at least 4 members (excludes halogenated alkanes) is 1. The van der Waals surface area contributed by atoms with Crippen molar-refractivity contribution in [2.24, 2.45) is 0 Å². The van der Waals surface area contributed by atoms with Gasteiger partial charge in [0.1, 0.15) is 0 Å². The zero-order valence-corrected chi connectivity index (χ0v) is 15.0. The Morgan fingerprint density at radius 2 is 1.85 bits per heavy atom. The zero-order chi connectivity index (χ0) is 19.7. The van der Waals surface area contributed by atoms with E-state index in [2.05, 4.69) is 17.1 Å². The first-order valence-electron chi connectivity index (χ1n) is 8.74. The monoisotopic (exact) mass is 381 g/mol. The zero-order valence-electron chi connectivity index (χ0n) is 15.0. The third-order valence-corrected chi connectivity index (χ3v) is 4.04. The van der Waals surface area contributed by atoms with E-state index in [9.17, 15) is 18.0 Å². The minimum absolute atomic E-state index is 0.118. The third-order valence-electron chi connectivity index (χ3n) is 4.04. The lowest BCUT2D eigenvalue weighted by atomic mass is 9.93. The lowest BCUT2D eigenvalue weighted by Crippen LogP contribution is -2.30. The van der Waals surface area contributed by atoms with E-state index in [1.54, 1.807) is 0 Å². The van der Waals surface area contributed by atoms with E-state index in [1.807, 2.05) is 30.3 Å². The SMILES string of the molecule is CCCCC(CNC(=O)OOc1cccc(C(F)(F)F)c1)c1ccccc1. The molecule has 1 N–H and O–H groups in total. The maximum atomic E-state index is 12.7. The first-order valence-corrected chi connectivity index (χ1v) is 8.74. The lowest BCUT2D eigenvalue weighted by Gasteiger charge is -2.17. The summed E-state index contributed by atoms with van der Waals surface area (Å²) in [6.45, 7) is 2.43. The number of hydrogen-bond acceptors (Lipinski definition) is 3. The summed E-state index contributed by atoms with van der Waals surface area (Å²) in [6.07, 6.45) is -2.41. The first-order chi connectivity index (χ1) is 12.9. The minimum Gasteiger partial charge on any atom is -0.318 e. The van der Waals surface area contributed by atoms with E-state index in [0.29, 0.717) is 6.54 Å². The molecule has 1 unspecified atom stereocenters. The molecule has 0 saturated heterocycles. The molecule has 1 amide bonds. The number of hydrogen-bond donors (Lipinski definition) is 1. The van der Waals surface area contributed by atoms with Crippen molar-refractivity contribution in [3.05, 3.63) is 65.7 Å². The molecule has 0 aromatic heterocycles. The van der Waals surface area contributed by atoms with Crippen LogP contribution in [0.2, 0.25) is 0 Å². The molecule has 0 aliphatic heterocycles. The standard InChI is InChI=1S/C20H22F3NO3/c1-2-3-8-16(15-9-5-4-6-10-15)14-24-19(25)27-26-18-12-7-11-17(13-18)20(21,22)23/h4-7,9-13,16H,2-3,8,14H2,1H3,(H,24,25). The molecule has 0 radical (unpaired) electrons. The Morgan fingerprint density at radius 3 is 2.52 bits per heavy atom. The second-order valence-corrected chi connectivity index (χ2v) is 6.11. The summed E-state index contributed by atoms with van der Waals surface area (Å²) in [4.78, 5) is 21.1. The van der Waals surface area contributed by atoms with Gasteiger partial charge in [-0.1, -0.05) is 56.2 Å². The van der Waals surface area contributed by atoms with E-state index >= 15 is 0 Å². The molecule has 2 aromatic rings. The van der Waals surface area contributed by atoms with Crippen LogP contribution >= 0.6 is 0 Å². The Balaban J connectivity index is 1.87. The van der Waals surface area contributed by atoms with E-state index in [1.165, 1.54) is 12.1 Å². The molecule has 27 heavy (non-hydrogen) atoms. The molecule has 7 heteroatoms. The van der Waals surface area contributed by atoms with Crippen LogP contribution in [0.4, 0.5) is 18.0 Å². The van der Waals surface area contributed by atoms with Gasteiger partial charge >= 0.3 is 12.3 Å². The summed E-state index contributed by atoms with van der Waals surface area (Å²) in [5.41, 5.74) is 0.220. The second-order valence-electron chi connectivity index (χ2n) is 6.11. The van der Waals surface area contributed by atoms with Crippen molar-refractivity contribution in [1.82, 2.24) is 5.32 Å². The van der Waals surface area contributed by atoms with Crippen LogP contribution in [0.25, 0.3) is 0 Å². The molecule has 2 aromatic carbocycles. The van der Waals surface area contributed by atoms with Gasteiger partial charge in [-0.3, -0.25) is 4.89 Å². The minimum atomic E-state index is -4.50. The Hall–Kier alpha value is -2.70. The molecule has 0 aliphatic rings. The number of benzene rings is 2. The molecule has 146 valence electrons. The van der Waals surface area contributed by atoms with Gasteiger partial charge in [0.15, 0.2) is 5.75 Å². The van der Waals surface area contributed by atoms with Gasteiger partial charge in [0, 0.05) is 12.5 Å². The predicted octanol–water partition coefficient (Wildman–Crippen LogP) is 5.70. The molecule has 0 saturated carbocycles. The summed E-state index contributed by atoms with van der Waals surface area (Å²) < 4.78 is 38.0. The number of halogens is 3. The molecule has 0 fully saturated rings. The fraction of sp³-hybridized carbons (Fsp3) is 0.350. The summed E-state index contributed by atoms with van der Waals surface area (Å²) >= 11 is 0. The fourth-order valence-corrected chi connectivity index (χ4v) is 2.61. The highest BCUT2D eigenvalue weighted by Crippen LogP contribution is 2.31. The highest BCUT2D eigenvalue weighted by Gasteiger charge is 2.30. The lowest BCUT2D eigenvalue weighted by molar-refractivity contribution is -0.146. The molecule has 0 bridgehead atoms. The van der Waals surface area contributed by atoms with Crippen LogP contribution in [-0.4, -0.2) is 12.6 Å². The van der Waals surface area contributed by atoms with Crippen LogP contribution in [0.15, 0.2) is 54.6 Å². The number of alkyl halides is 3. The van der Waals surface area contributed by atoms with Crippen molar-refractivity contribution in [2.45, 2.75) is 38.3 Å². The van der Waals surface area contributed by atoms with Crippen LogP contribution in [0, 0.1) is 0 Å². The van der Waals surface area contributed by atoms with Gasteiger partial charge in [-0.15, -0.1) is 0 Å². The summed E-state index contributed by atoms with van der Waals surface area (Å²) in [5.74, 6) is -0.0853. The van der Waals surface area contributed by atoms with Crippen molar-refractivity contribution in [1.29, 1.82) is 0 Å². The topological polar surface area (TPSA) is 47.6 Å².